The average molecular weight is 399 g/mol. The van der Waals surface area contributed by atoms with Crippen LogP contribution in [0.1, 0.15) is 28.8 Å². The number of carbonyl (C=O) groups is 2. The van der Waals surface area contributed by atoms with Gasteiger partial charge in [-0.3, -0.25) is 9.59 Å². The van der Waals surface area contributed by atoms with E-state index in [0.717, 1.165) is 16.4 Å². The summed E-state index contributed by atoms with van der Waals surface area (Å²) in [6.07, 6.45) is 3.17. The van der Waals surface area contributed by atoms with Gasteiger partial charge in [-0.2, -0.15) is 0 Å². The lowest BCUT2D eigenvalue weighted by atomic mass is 10.1. The number of para-hydroxylation sites is 1. The lowest BCUT2D eigenvalue weighted by molar-refractivity contribution is -0.121. The molecule has 0 aliphatic rings. The number of hydrogen-bond donors (Lipinski definition) is 2. The number of H-pyrrole nitrogens is 1. The van der Waals surface area contributed by atoms with Crippen LogP contribution in [0.4, 0.5) is 0 Å². The normalized spacial score (nSPS) is 10.8. The number of ketones is 1. The summed E-state index contributed by atoms with van der Waals surface area (Å²) in [5, 5.41) is 4.07. The highest BCUT2D eigenvalue weighted by atomic mass is 79.9. The van der Waals surface area contributed by atoms with Gasteiger partial charge in [-0.1, -0.05) is 46.3 Å². The molecule has 2 aromatic carbocycles. The zero-order chi connectivity index (χ0) is 17.6. The monoisotopic (exact) mass is 398 g/mol. The van der Waals surface area contributed by atoms with Crippen LogP contribution in [0.5, 0.6) is 0 Å². The van der Waals surface area contributed by atoms with Gasteiger partial charge in [-0.15, -0.1) is 0 Å². The fraction of sp³-hybridized carbons (Fsp3) is 0.200. The third-order valence-electron chi connectivity index (χ3n) is 4.14. The molecular weight excluding hydrogens is 380 g/mol. The molecular formula is C20H19BrN2O2. The van der Waals surface area contributed by atoms with Crippen molar-refractivity contribution in [3.63, 3.8) is 0 Å². The van der Waals surface area contributed by atoms with E-state index in [9.17, 15) is 9.59 Å². The van der Waals surface area contributed by atoms with Crippen molar-refractivity contribution in [1.29, 1.82) is 0 Å². The Hall–Kier alpha value is -2.40. The molecule has 0 aliphatic heterocycles. The number of fused-ring (bicyclic) bond motifs is 1. The number of hydrogen-bond acceptors (Lipinski definition) is 2. The predicted octanol–water partition coefficient (Wildman–Crippen LogP) is 4.25. The van der Waals surface area contributed by atoms with Gasteiger partial charge in [0.05, 0.1) is 0 Å². The maximum Gasteiger partial charge on any atom is 0.220 e. The lowest BCUT2D eigenvalue weighted by Crippen LogP contribution is -2.26. The molecule has 3 aromatic rings. The van der Waals surface area contributed by atoms with E-state index in [1.54, 1.807) is 12.1 Å². The van der Waals surface area contributed by atoms with Crippen molar-refractivity contribution in [1.82, 2.24) is 10.3 Å². The van der Waals surface area contributed by atoms with Gasteiger partial charge in [0.2, 0.25) is 5.91 Å². The number of amides is 1. The minimum atomic E-state index is -0.0923. The second kappa shape index (κ2) is 8.12. The van der Waals surface area contributed by atoms with Crippen molar-refractivity contribution in [3.8, 4) is 0 Å². The first kappa shape index (κ1) is 17.4. The highest BCUT2D eigenvalue weighted by Gasteiger charge is 2.09. The molecule has 0 spiro atoms. The zero-order valence-corrected chi connectivity index (χ0v) is 15.3. The summed E-state index contributed by atoms with van der Waals surface area (Å²) in [6, 6.07) is 15.3. The summed E-state index contributed by atoms with van der Waals surface area (Å²) in [5.74, 6) is -0.107. The Morgan fingerprint density at radius 2 is 1.76 bits per heavy atom. The summed E-state index contributed by atoms with van der Waals surface area (Å²) in [7, 11) is 0. The van der Waals surface area contributed by atoms with Gasteiger partial charge in [0.15, 0.2) is 5.78 Å². The molecule has 0 radical (unpaired) electrons. The van der Waals surface area contributed by atoms with Crippen LogP contribution in [0.15, 0.2) is 59.2 Å². The fourth-order valence-corrected chi connectivity index (χ4v) is 3.03. The Kier molecular flexibility index (Phi) is 5.66. The van der Waals surface area contributed by atoms with Gasteiger partial charge < -0.3 is 10.3 Å². The van der Waals surface area contributed by atoms with E-state index in [4.69, 9.17) is 0 Å². The van der Waals surface area contributed by atoms with E-state index in [1.807, 2.05) is 36.5 Å². The minimum Gasteiger partial charge on any atom is -0.361 e. The van der Waals surface area contributed by atoms with Crippen molar-refractivity contribution >= 4 is 38.5 Å². The zero-order valence-electron chi connectivity index (χ0n) is 13.7. The van der Waals surface area contributed by atoms with E-state index < -0.39 is 0 Å². The first-order valence-corrected chi connectivity index (χ1v) is 9.03. The van der Waals surface area contributed by atoms with Crippen LogP contribution in [-0.4, -0.2) is 23.2 Å². The summed E-state index contributed by atoms with van der Waals surface area (Å²) >= 11 is 3.34. The first-order chi connectivity index (χ1) is 12.1. The van der Waals surface area contributed by atoms with Crippen LogP contribution in [-0.2, 0) is 11.2 Å². The Labute approximate surface area is 154 Å². The van der Waals surface area contributed by atoms with Crippen LogP contribution < -0.4 is 5.32 Å². The maximum absolute atomic E-state index is 12.1. The van der Waals surface area contributed by atoms with Crippen molar-refractivity contribution in [2.75, 3.05) is 6.54 Å². The Morgan fingerprint density at radius 1 is 1.00 bits per heavy atom. The number of benzene rings is 2. The van der Waals surface area contributed by atoms with Crippen LogP contribution in [0, 0.1) is 0 Å². The highest BCUT2D eigenvalue weighted by molar-refractivity contribution is 9.10. The number of halogens is 1. The number of aromatic nitrogens is 1. The molecule has 0 unspecified atom stereocenters. The third kappa shape index (κ3) is 4.57. The number of rotatable bonds is 7. The van der Waals surface area contributed by atoms with Crippen molar-refractivity contribution in [2.24, 2.45) is 0 Å². The maximum atomic E-state index is 12.1. The summed E-state index contributed by atoms with van der Waals surface area (Å²) in [4.78, 5) is 27.2. The molecule has 0 saturated carbocycles. The molecule has 0 bridgehead atoms. The molecule has 1 amide bonds. The number of Topliss-reactive ketones (excluding diaryl/α,β-unsaturated/α-hetero) is 1. The Morgan fingerprint density at radius 3 is 2.56 bits per heavy atom. The molecule has 128 valence electrons. The lowest BCUT2D eigenvalue weighted by Gasteiger charge is -2.05. The quantitative estimate of drug-likeness (QED) is 0.584. The van der Waals surface area contributed by atoms with Gasteiger partial charge in [0, 0.05) is 46.5 Å². The smallest absolute Gasteiger partial charge is 0.220 e. The SMILES string of the molecule is O=C(CCC(=O)c1ccc(Br)cc1)NCCc1c[nH]c2ccccc12. The molecule has 4 nitrogen and oxygen atoms in total. The molecule has 1 aromatic heterocycles. The average Bonchev–Trinajstić information content (AvgIpc) is 3.04. The van der Waals surface area contributed by atoms with Crippen molar-refractivity contribution in [3.05, 3.63) is 70.3 Å². The number of nitrogens with one attached hydrogen (secondary N) is 2. The summed E-state index contributed by atoms with van der Waals surface area (Å²) in [5.41, 5.74) is 2.92. The molecule has 5 heteroatoms. The second-order valence-electron chi connectivity index (χ2n) is 5.89. The van der Waals surface area contributed by atoms with Gasteiger partial charge in [-0.05, 0) is 30.2 Å². The summed E-state index contributed by atoms with van der Waals surface area (Å²) < 4.78 is 0.930. The molecule has 0 saturated heterocycles. The second-order valence-corrected chi connectivity index (χ2v) is 6.81. The van der Waals surface area contributed by atoms with Gasteiger partial charge in [-0.25, -0.2) is 0 Å². The Balaban J connectivity index is 1.44. The van der Waals surface area contributed by atoms with E-state index in [1.165, 1.54) is 10.9 Å². The highest BCUT2D eigenvalue weighted by Crippen LogP contribution is 2.17. The van der Waals surface area contributed by atoms with Gasteiger partial charge >= 0.3 is 0 Å². The molecule has 2 N–H and O–H groups in total. The number of aromatic amines is 1. The van der Waals surface area contributed by atoms with Crippen molar-refractivity contribution in [2.45, 2.75) is 19.3 Å². The van der Waals surface area contributed by atoms with E-state index in [0.29, 0.717) is 12.1 Å². The number of carbonyl (C=O) groups excluding carboxylic acids is 2. The molecule has 25 heavy (non-hydrogen) atoms. The van der Waals surface area contributed by atoms with Gasteiger partial charge in [0.1, 0.15) is 0 Å². The van der Waals surface area contributed by atoms with E-state index in [-0.39, 0.29) is 24.5 Å². The van der Waals surface area contributed by atoms with E-state index >= 15 is 0 Å². The molecule has 0 aliphatic carbocycles. The largest absolute Gasteiger partial charge is 0.361 e. The standard InChI is InChI=1S/C20H19BrN2O2/c21-16-7-5-14(6-8-16)19(24)9-10-20(25)22-12-11-15-13-23-18-4-2-1-3-17(15)18/h1-8,13,23H,9-12H2,(H,22,25). The van der Waals surface area contributed by atoms with Crippen LogP contribution in [0.25, 0.3) is 10.9 Å². The molecule has 0 atom stereocenters. The van der Waals surface area contributed by atoms with Crippen LogP contribution >= 0.6 is 15.9 Å². The predicted molar refractivity (Wildman–Crippen MR) is 103 cm³/mol. The minimum absolute atomic E-state index is 0.0146. The third-order valence-corrected chi connectivity index (χ3v) is 4.67. The first-order valence-electron chi connectivity index (χ1n) is 8.24. The van der Waals surface area contributed by atoms with Crippen molar-refractivity contribution < 1.29 is 9.59 Å². The van der Waals surface area contributed by atoms with E-state index in [2.05, 4.69) is 32.3 Å². The Bertz CT molecular complexity index is 884. The molecule has 3 rings (SSSR count). The summed E-state index contributed by atoms with van der Waals surface area (Å²) in [6.45, 7) is 0.563. The van der Waals surface area contributed by atoms with Crippen LogP contribution in [0.3, 0.4) is 0 Å². The molecule has 1 heterocycles. The fourth-order valence-electron chi connectivity index (χ4n) is 2.77. The van der Waals surface area contributed by atoms with Gasteiger partial charge in [0.25, 0.3) is 0 Å². The van der Waals surface area contributed by atoms with Crippen LogP contribution in [0.2, 0.25) is 0 Å². The topological polar surface area (TPSA) is 62.0 Å². The molecule has 0 fully saturated rings.